The molecule has 160 valence electrons. The summed E-state index contributed by atoms with van der Waals surface area (Å²) in [4.78, 5) is 25.5. The highest BCUT2D eigenvalue weighted by molar-refractivity contribution is 5.88. The van der Waals surface area contributed by atoms with Gasteiger partial charge in [0, 0.05) is 0 Å². The number of hydrogen-bond acceptors (Lipinski definition) is 3. The summed E-state index contributed by atoms with van der Waals surface area (Å²) in [5, 5.41) is 3.01. The molecule has 29 heavy (non-hydrogen) atoms. The van der Waals surface area contributed by atoms with Gasteiger partial charge in [-0.3, -0.25) is 4.79 Å². The summed E-state index contributed by atoms with van der Waals surface area (Å²) in [6.45, 7) is 10.8. The number of fused-ring (bicyclic) bond motifs is 3. The van der Waals surface area contributed by atoms with Gasteiger partial charge in [0.15, 0.2) is 0 Å². The van der Waals surface area contributed by atoms with E-state index >= 15 is 0 Å². The van der Waals surface area contributed by atoms with E-state index in [0.717, 1.165) is 32.1 Å². The van der Waals surface area contributed by atoms with E-state index in [1.165, 1.54) is 23.8 Å². The van der Waals surface area contributed by atoms with Crippen LogP contribution >= 0.6 is 0 Å². The maximum absolute atomic E-state index is 13.4. The van der Waals surface area contributed by atoms with Gasteiger partial charge in [0.2, 0.25) is 5.91 Å². The van der Waals surface area contributed by atoms with Gasteiger partial charge in [0.1, 0.15) is 6.04 Å². The molecule has 1 saturated carbocycles. The fraction of sp³-hybridized carbons (Fsp3) is 0.680. The number of amides is 1. The molecule has 0 saturated heterocycles. The number of rotatable bonds is 5. The fourth-order valence-electron chi connectivity index (χ4n) is 5.94. The van der Waals surface area contributed by atoms with Gasteiger partial charge >= 0.3 is 5.97 Å². The number of esters is 1. The summed E-state index contributed by atoms with van der Waals surface area (Å²) in [5.41, 5.74) is 3.81. The summed E-state index contributed by atoms with van der Waals surface area (Å²) in [6, 6.07) is 6.41. The van der Waals surface area contributed by atoms with Gasteiger partial charge in [0.25, 0.3) is 0 Å². The maximum Gasteiger partial charge on any atom is 0.328 e. The Hall–Kier alpha value is -1.84. The Balaban J connectivity index is 1.92. The monoisotopic (exact) mass is 399 g/mol. The van der Waals surface area contributed by atoms with E-state index < -0.39 is 11.5 Å². The number of carbonyl (C=O) groups is 2. The van der Waals surface area contributed by atoms with Crippen LogP contribution in [-0.4, -0.2) is 25.0 Å². The van der Waals surface area contributed by atoms with Gasteiger partial charge in [-0.05, 0) is 66.0 Å². The van der Waals surface area contributed by atoms with Crippen molar-refractivity contribution in [3.05, 3.63) is 34.9 Å². The van der Waals surface area contributed by atoms with Gasteiger partial charge in [-0.25, -0.2) is 4.79 Å². The number of hydrogen-bond donors (Lipinski definition) is 1. The molecule has 0 unspecified atom stereocenters. The third-order valence-corrected chi connectivity index (χ3v) is 7.76. The number of methoxy groups -OCH3 is 1. The van der Waals surface area contributed by atoms with Crippen molar-refractivity contribution in [1.29, 1.82) is 0 Å². The van der Waals surface area contributed by atoms with E-state index in [1.807, 2.05) is 6.92 Å². The molecule has 1 aromatic rings. The fourth-order valence-corrected chi connectivity index (χ4v) is 5.94. The minimum absolute atomic E-state index is 0.000406. The molecule has 3 rings (SSSR count). The second-order valence-electron chi connectivity index (χ2n) is 9.81. The standard InChI is InChI=1S/C25H37NO3/c1-7-20(22(27)29-6)26-23(28)25(5)14-8-13-24(4)19-11-9-17(16(2)3)15-18(19)10-12-21(24)25/h9,11,15-16,20-21H,7-8,10,12-14H2,1-6H3,(H,26,28)/t20-,21+,24+,25+/m0/s1. The molecule has 1 fully saturated rings. The van der Waals surface area contributed by atoms with Crippen LogP contribution in [0, 0.1) is 11.3 Å². The Morgan fingerprint density at radius 2 is 1.97 bits per heavy atom. The van der Waals surface area contributed by atoms with Gasteiger partial charge in [-0.1, -0.05) is 59.2 Å². The van der Waals surface area contributed by atoms with E-state index in [1.54, 1.807) is 0 Å². The molecule has 2 aliphatic carbocycles. The molecular weight excluding hydrogens is 362 g/mol. The van der Waals surface area contributed by atoms with Crippen molar-refractivity contribution in [2.24, 2.45) is 11.3 Å². The highest BCUT2D eigenvalue weighted by Crippen LogP contribution is 2.57. The Morgan fingerprint density at radius 3 is 2.59 bits per heavy atom. The quantitative estimate of drug-likeness (QED) is 0.717. The number of benzene rings is 1. The third kappa shape index (κ3) is 3.71. The van der Waals surface area contributed by atoms with Crippen LogP contribution in [0.4, 0.5) is 0 Å². The first-order valence-corrected chi connectivity index (χ1v) is 11.2. The van der Waals surface area contributed by atoms with E-state index in [4.69, 9.17) is 4.74 Å². The van der Waals surface area contributed by atoms with Crippen molar-refractivity contribution in [3.8, 4) is 0 Å². The number of aryl methyl sites for hydroxylation is 1. The van der Waals surface area contributed by atoms with E-state index in [2.05, 4.69) is 51.2 Å². The van der Waals surface area contributed by atoms with Crippen molar-refractivity contribution >= 4 is 11.9 Å². The van der Waals surface area contributed by atoms with E-state index in [0.29, 0.717) is 12.3 Å². The average Bonchev–Trinajstić information content (AvgIpc) is 2.70. The van der Waals surface area contributed by atoms with Crippen LogP contribution in [0.2, 0.25) is 0 Å². The minimum Gasteiger partial charge on any atom is -0.467 e. The van der Waals surface area contributed by atoms with Crippen LogP contribution < -0.4 is 5.32 Å². The Labute approximate surface area is 175 Å². The van der Waals surface area contributed by atoms with Crippen molar-refractivity contribution in [3.63, 3.8) is 0 Å². The van der Waals surface area contributed by atoms with Crippen LogP contribution in [0.15, 0.2) is 18.2 Å². The predicted octanol–water partition coefficient (Wildman–Crippen LogP) is 4.89. The van der Waals surface area contributed by atoms with Crippen LogP contribution in [-0.2, 0) is 26.2 Å². The molecule has 1 amide bonds. The summed E-state index contributed by atoms with van der Waals surface area (Å²) in [5.74, 6) is 0.444. The first kappa shape index (κ1) is 21.9. The third-order valence-electron chi connectivity index (χ3n) is 7.76. The first-order chi connectivity index (χ1) is 13.7. The van der Waals surface area contributed by atoms with Gasteiger partial charge < -0.3 is 10.1 Å². The smallest absolute Gasteiger partial charge is 0.328 e. The molecule has 0 heterocycles. The van der Waals surface area contributed by atoms with Crippen molar-refractivity contribution in [1.82, 2.24) is 5.32 Å². The molecule has 4 heteroatoms. The minimum atomic E-state index is -0.568. The Bertz CT molecular complexity index is 786. The molecule has 4 atom stereocenters. The summed E-state index contributed by atoms with van der Waals surface area (Å²) in [7, 11) is 1.38. The highest BCUT2D eigenvalue weighted by atomic mass is 16.5. The lowest BCUT2D eigenvalue weighted by Crippen LogP contribution is -2.57. The molecular formula is C25H37NO3. The molecule has 0 aromatic heterocycles. The molecule has 0 aliphatic heterocycles. The van der Waals surface area contributed by atoms with Crippen molar-refractivity contribution < 1.29 is 14.3 Å². The van der Waals surface area contributed by atoms with Gasteiger partial charge in [0.05, 0.1) is 12.5 Å². The lowest BCUT2D eigenvalue weighted by molar-refractivity contribution is -0.149. The lowest BCUT2D eigenvalue weighted by Gasteiger charge is -2.54. The van der Waals surface area contributed by atoms with Gasteiger partial charge in [-0.15, -0.1) is 0 Å². The number of carbonyl (C=O) groups excluding carboxylic acids is 2. The second-order valence-corrected chi connectivity index (χ2v) is 9.81. The SMILES string of the molecule is CC[C@H](NC(=O)[C@]1(C)CCC[C@]2(C)c3ccc(C(C)C)cc3CC[C@@H]12)C(=O)OC. The highest BCUT2D eigenvalue weighted by Gasteiger charge is 2.55. The number of nitrogens with one attached hydrogen (secondary N) is 1. The molecule has 2 aliphatic rings. The molecule has 1 N–H and O–H groups in total. The topological polar surface area (TPSA) is 55.4 Å². The zero-order chi connectivity index (χ0) is 21.4. The van der Waals surface area contributed by atoms with E-state index in [9.17, 15) is 9.59 Å². The van der Waals surface area contributed by atoms with E-state index in [-0.39, 0.29) is 23.2 Å². The first-order valence-electron chi connectivity index (χ1n) is 11.2. The van der Waals surface area contributed by atoms with Crippen molar-refractivity contribution in [2.45, 2.75) is 90.5 Å². The molecule has 0 spiro atoms. The van der Waals surface area contributed by atoms with Crippen molar-refractivity contribution in [2.75, 3.05) is 7.11 Å². The Morgan fingerprint density at radius 1 is 1.24 bits per heavy atom. The predicted molar refractivity (Wildman–Crippen MR) is 116 cm³/mol. The summed E-state index contributed by atoms with van der Waals surface area (Å²) < 4.78 is 4.87. The zero-order valence-electron chi connectivity index (χ0n) is 18.9. The number of ether oxygens (including phenoxy) is 1. The molecule has 0 bridgehead atoms. The van der Waals surface area contributed by atoms with Crippen LogP contribution in [0.3, 0.4) is 0 Å². The average molecular weight is 400 g/mol. The molecule has 0 radical (unpaired) electrons. The van der Waals surface area contributed by atoms with Gasteiger partial charge in [-0.2, -0.15) is 0 Å². The van der Waals surface area contributed by atoms with Crippen LogP contribution in [0.25, 0.3) is 0 Å². The lowest BCUT2D eigenvalue weighted by atomic mass is 9.49. The largest absolute Gasteiger partial charge is 0.467 e. The molecule has 4 nitrogen and oxygen atoms in total. The zero-order valence-corrected chi connectivity index (χ0v) is 18.9. The second kappa shape index (κ2) is 8.12. The molecule has 1 aromatic carbocycles. The Kier molecular flexibility index (Phi) is 6.12. The van der Waals surface area contributed by atoms with Crippen LogP contribution in [0.5, 0.6) is 0 Å². The normalized spacial score (nSPS) is 29.6. The summed E-state index contributed by atoms with van der Waals surface area (Å²) >= 11 is 0. The summed E-state index contributed by atoms with van der Waals surface area (Å²) in [6.07, 6.45) is 5.59. The van der Waals surface area contributed by atoms with Crippen LogP contribution in [0.1, 0.15) is 89.3 Å². The maximum atomic E-state index is 13.4.